The second kappa shape index (κ2) is 5.67. The second-order valence-corrected chi connectivity index (χ2v) is 6.45. The molecule has 1 fully saturated rings. The van der Waals surface area contributed by atoms with Crippen molar-refractivity contribution < 1.29 is 0 Å². The number of hydrogen-bond donors (Lipinski definition) is 1. The Labute approximate surface area is 131 Å². The highest BCUT2D eigenvalue weighted by molar-refractivity contribution is 5.60. The predicted octanol–water partition coefficient (Wildman–Crippen LogP) is 3.63. The van der Waals surface area contributed by atoms with Gasteiger partial charge < -0.3 is 5.32 Å². The number of rotatable bonds is 5. The minimum atomic E-state index is 0.616. The van der Waals surface area contributed by atoms with Gasteiger partial charge in [0.25, 0.3) is 0 Å². The predicted molar refractivity (Wildman–Crippen MR) is 87.7 cm³/mol. The third-order valence-electron chi connectivity index (χ3n) is 4.78. The van der Waals surface area contributed by atoms with Gasteiger partial charge in [-0.1, -0.05) is 13.3 Å². The maximum absolute atomic E-state index is 4.84. The van der Waals surface area contributed by atoms with Crippen molar-refractivity contribution >= 4 is 5.82 Å². The smallest absolute Gasteiger partial charge is 0.161 e. The normalized spacial score (nSPS) is 22.4. The van der Waals surface area contributed by atoms with E-state index in [0.717, 1.165) is 36.0 Å². The Morgan fingerprint density at radius 1 is 1.18 bits per heavy atom. The fourth-order valence-electron chi connectivity index (χ4n) is 3.47. The second-order valence-electron chi connectivity index (χ2n) is 6.45. The Bertz CT molecular complexity index is 668. The molecule has 4 rings (SSSR count). The SMILES string of the molecule is CCCC1CC1Nc1nc(-c2ccncc2)nc2c1CCC2. The number of fused-ring (bicyclic) bond motifs is 1. The Hall–Kier alpha value is -1.97. The van der Waals surface area contributed by atoms with Crippen LogP contribution < -0.4 is 5.32 Å². The van der Waals surface area contributed by atoms with Gasteiger partial charge in [-0.25, -0.2) is 9.97 Å². The Balaban J connectivity index is 1.64. The van der Waals surface area contributed by atoms with Gasteiger partial charge in [0.05, 0.1) is 0 Å². The molecule has 0 bridgehead atoms. The molecule has 2 unspecified atom stereocenters. The molecule has 1 N–H and O–H groups in total. The van der Waals surface area contributed by atoms with Gasteiger partial charge in [-0.05, 0) is 50.2 Å². The molecule has 0 saturated heterocycles. The van der Waals surface area contributed by atoms with Crippen LogP contribution in [0.15, 0.2) is 24.5 Å². The largest absolute Gasteiger partial charge is 0.367 e. The van der Waals surface area contributed by atoms with Crippen molar-refractivity contribution in [3.63, 3.8) is 0 Å². The minimum absolute atomic E-state index is 0.616. The first-order valence-corrected chi connectivity index (χ1v) is 8.42. The van der Waals surface area contributed by atoms with E-state index in [2.05, 4.69) is 17.2 Å². The third-order valence-corrected chi connectivity index (χ3v) is 4.78. The molecule has 2 aromatic rings. The van der Waals surface area contributed by atoms with Crippen LogP contribution in [0.1, 0.15) is 43.9 Å². The first-order valence-electron chi connectivity index (χ1n) is 8.42. The van der Waals surface area contributed by atoms with Gasteiger partial charge >= 0.3 is 0 Å². The highest BCUT2D eigenvalue weighted by atomic mass is 15.1. The monoisotopic (exact) mass is 294 g/mol. The summed E-state index contributed by atoms with van der Waals surface area (Å²) in [6.45, 7) is 2.26. The van der Waals surface area contributed by atoms with Crippen LogP contribution in [-0.2, 0) is 12.8 Å². The van der Waals surface area contributed by atoms with E-state index in [1.54, 1.807) is 12.4 Å². The molecule has 2 heterocycles. The molecule has 4 heteroatoms. The van der Waals surface area contributed by atoms with E-state index in [9.17, 15) is 0 Å². The fourth-order valence-corrected chi connectivity index (χ4v) is 3.47. The summed E-state index contributed by atoms with van der Waals surface area (Å²) in [6.07, 6.45) is 10.9. The van der Waals surface area contributed by atoms with Crippen molar-refractivity contribution in [1.82, 2.24) is 15.0 Å². The van der Waals surface area contributed by atoms with Crippen molar-refractivity contribution in [2.24, 2.45) is 5.92 Å². The first-order chi connectivity index (χ1) is 10.8. The molecule has 1 saturated carbocycles. The summed E-state index contributed by atoms with van der Waals surface area (Å²) in [7, 11) is 0. The summed E-state index contributed by atoms with van der Waals surface area (Å²) in [6, 6.07) is 4.58. The van der Waals surface area contributed by atoms with Crippen molar-refractivity contribution in [2.45, 2.75) is 51.5 Å². The van der Waals surface area contributed by atoms with E-state index in [-0.39, 0.29) is 0 Å². The van der Waals surface area contributed by atoms with Gasteiger partial charge in [-0.15, -0.1) is 0 Å². The quantitative estimate of drug-likeness (QED) is 0.915. The summed E-state index contributed by atoms with van der Waals surface area (Å²) in [5.41, 5.74) is 3.63. The number of anilines is 1. The van der Waals surface area contributed by atoms with Gasteiger partial charge in [0.15, 0.2) is 5.82 Å². The maximum atomic E-state index is 4.84. The number of pyridine rings is 1. The van der Waals surface area contributed by atoms with Crippen LogP contribution >= 0.6 is 0 Å². The van der Waals surface area contributed by atoms with Crippen molar-refractivity contribution in [1.29, 1.82) is 0 Å². The van der Waals surface area contributed by atoms with E-state index < -0.39 is 0 Å². The molecule has 2 aromatic heterocycles. The van der Waals surface area contributed by atoms with E-state index in [0.29, 0.717) is 6.04 Å². The Kier molecular flexibility index (Phi) is 3.53. The standard InChI is InChI=1S/C18H22N4/c1-2-4-13-11-16(13)21-18-14-5-3-6-15(14)20-17(22-18)12-7-9-19-10-8-12/h7-10,13,16H,2-6,11H2,1H3,(H,20,21,22). The van der Waals surface area contributed by atoms with Gasteiger partial charge in [0.1, 0.15) is 5.82 Å². The Morgan fingerprint density at radius 3 is 2.86 bits per heavy atom. The van der Waals surface area contributed by atoms with E-state index in [1.807, 2.05) is 12.1 Å². The topological polar surface area (TPSA) is 50.7 Å². The van der Waals surface area contributed by atoms with E-state index in [4.69, 9.17) is 9.97 Å². The lowest BCUT2D eigenvalue weighted by atomic mass is 10.2. The third kappa shape index (κ3) is 2.58. The van der Waals surface area contributed by atoms with Crippen LogP contribution in [-0.4, -0.2) is 21.0 Å². The van der Waals surface area contributed by atoms with E-state index >= 15 is 0 Å². The molecule has 114 valence electrons. The highest BCUT2D eigenvalue weighted by Gasteiger charge is 2.37. The summed E-state index contributed by atoms with van der Waals surface area (Å²) >= 11 is 0. The molecule has 2 atom stereocenters. The molecule has 4 nitrogen and oxygen atoms in total. The lowest BCUT2D eigenvalue weighted by Crippen LogP contribution is -2.11. The Morgan fingerprint density at radius 2 is 2.05 bits per heavy atom. The fraction of sp³-hybridized carbons (Fsp3) is 0.500. The summed E-state index contributed by atoms with van der Waals surface area (Å²) in [4.78, 5) is 13.7. The van der Waals surface area contributed by atoms with Gasteiger partial charge in [0.2, 0.25) is 0 Å². The molecule has 0 aromatic carbocycles. The zero-order valence-electron chi connectivity index (χ0n) is 13.0. The molecule has 2 aliphatic rings. The van der Waals surface area contributed by atoms with Crippen LogP contribution in [0.2, 0.25) is 0 Å². The van der Waals surface area contributed by atoms with Crippen LogP contribution in [0, 0.1) is 5.92 Å². The zero-order chi connectivity index (χ0) is 14.9. The number of nitrogens with zero attached hydrogens (tertiary/aromatic N) is 3. The zero-order valence-corrected chi connectivity index (χ0v) is 13.0. The number of hydrogen-bond acceptors (Lipinski definition) is 4. The summed E-state index contributed by atoms with van der Waals surface area (Å²) in [5, 5.41) is 3.69. The minimum Gasteiger partial charge on any atom is -0.367 e. The lowest BCUT2D eigenvalue weighted by Gasteiger charge is -2.12. The van der Waals surface area contributed by atoms with Crippen LogP contribution in [0.25, 0.3) is 11.4 Å². The molecule has 0 aliphatic heterocycles. The first kappa shape index (κ1) is 13.7. The molecule has 0 radical (unpaired) electrons. The molecular weight excluding hydrogens is 272 g/mol. The average molecular weight is 294 g/mol. The molecule has 22 heavy (non-hydrogen) atoms. The number of aryl methyl sites for hydroxylation is 1. The summed E-state index contributed by atoms with van der Waals surface area (Å²) < 4.78 is 0. The molecular formula is C18H22N4. The molecule has 0 amide bonds. The van der Waals surface area contributed by atoms with Gasteiger partial charge in [-0.3, -0.25) is 4.98 Å². The van der Waals surface area contributed by atoms with Crippen molar-refractivity contribution in [3.05, 3.63) is 35.8 Å². The highest BCUT2D eigenvalue weighted by Crippen LogP contribution is 2.39. The van der Waals surface area contributed by atoms with Crippen LogP contribution in [0.4, 0.5) is 5.82 Å². The maximum Gasteiger partial charge on any atom is 0.161 e. The number of nitrogens with one attached hydrogen (secondary N) is 1. The molecule has 0 spiro atoms. The number of aromatic nitrogens is 3. The van der Waals surface area contributed by atoms with Gasteiger partial charge in [-0.2, -0.15) is 0 Å². The lowest BCUT2D eigenvalue weighted by molar-refractivity contribution is 0.692. The van der Waals surface area contributed by atoms with Crippen molar-refractivity contribution in [3.8, 4) is 11.4 Å². The summed E-state index contributed by atoms with van der Waals surface area (Å²) in [5.74, 6) is 2.75. The average Bonchev–Trinajstić information content (AvgIpc) is 3.10. The molecule has 2 aliphatic carbocycles. The van der Waals surface area contributed by atoms with Crippen molar-refractivity contribution in [2.75, 3.05) is 5.32 Å². The van der Waals surface area contributed by atoms with E-state index in [1.165, 1.54) is 36.9 Å². The van der Waals surface area contributed by atoms with Crippen LogP contribution in [0.3, 0.4) is 0 Å². The van der Waals surface area contributed by atoms with Gasteiger partial charge in [0, 0.05) is 35.3 Å². The van der Waals surface area contributed by atoms with Crippen LogP contribution in [0.5, 0.6) is 0 Å².